The number of hydrogen-bond donors (Lipinski definition) is 1. The first-order valence-electron chi connectivity index (χ1n) is 9.08. The maximum absolute atomic E-state index is 13.3. The van der Waals surface area contributed by atoms with E-state index in [0.717, 1.165) is 10.1 Å². The first kappa shape index (κ1) is 19.9. The van der Waals surface area contributed by atoms with Crippen molar-refractivity contribution in [2.75, 3.05) is 0 Å². The molecule has 0 fully saturated rings. The number of amides is 1. The fraction of sp³-hybridized carbons (Fsp3) is 0.286. The van der Waals surface area contributed by atoms with E-state index < -0.39 is 17.3 Å². The first-order valence-corrected chi connectivity index (χ1v) is 9.46. The molecule has 28 heavy (non-hydrogen) atoms. The van der Waals surface area contributed by atoms with Gasteiger partial charge in [-0.05, 0) is 44.5 Å². The summed E-state index contributed by atoms with van der Waals surface area (Å²) in [5.74, 6) is -0.303. The molecule has 0 aliphatic heterocycles. The lowest BCUT2D eigenvalue weighted by Gasteiger charge is -2.20. The minimum atomic E-state index is -0.807. The van der Waals surface area contributed by atoms with E-state index in [-0.39, 0.29) is 18.5 Å². The van der Waals surface area contributed by atoms with Crippen molar-refractivity contribution in [3.8, 4) is 0 Å². The van der Waals surface area contributed by atoms with E-state index >= 15 is 0 Å². The number of hydrogen-bond acceptors (Lipinski definition) is 3. The van der Waals surface area contributed by atoms with Crippen molar-refractivity contribution in [2.45, 2.75) is 39.4 Å². The molecule has 1 aromatic heterocycles. The Labute approximate surface area is 167 Å². The van der Waals surface area contributed by atoms with Crippen LogP contribution in [-0.2, 0) is 11.3 Å². The van der Waals surface area contributed by atoms with Crippen molar-refractivity contribution >= 4 is 28.4 Å². The van der Waals surface area contributed by atoms with Crippen LogP contribution in [0.4, 0.5) is 0 Å². The third kappa shape index (κ3) is 3.87. The summed E-state index contributed by atoms with van der Waals surface area (Å²) in [6, 6.07) is 13.1. The van der Waals surface area contributed by atoms with Gasteiger partial charge in [0, 0.05) is 11.1 Å². The molecule has 1 N–H and O–H groups in total. The molecular formula is C21H22ClN3O3. The zero-order valence-corrected chi connectivity index (χ0v) is 16.7. The molecule has 3 aromatic rings. The van der Waals surface area contributed by atoms with Gasteiger partial charge >= 0.3 is 5.69 Å². The number of fused-ring (bicyclic) bond motifs is 1. The van der Waals surface area contributed by atoms with Crippen LogP contribution in [0, 0.1) is 0 Å². The maximum Gasteiger partial charge on any atom is 0.332 e. The van der Waals surface area contributed by atoms with Crippen LogP contribution in [0.2, 0.25) is 5.02 Å². The molecule has 0 aliphatic carbocycles. The predicted octanol–water partition coefficient (Wildman–Crippen LogP) is 2.95. The third-order valence-electron chi connectivity index (χ3n) is 4.51. The summed E-state index contributed by atoms with van der Waals surface area (Å²) in [5.41, 5.74) is 0.210. The van der Waals surface area contributed by atoms with E-state index in [2.05, 4.69) is 5.32 Å². The Hall–Kier alpha value is -2.86. The number of nitrogens with one attached hydrogen (secondary N) is 1. The van der Waals surface area contributed by atoms with E-state index in [0.29, 0.717) is 15.9 Å². The van der Waals surface area contributed by atoms with E-state index in [1.54, 1.807) is 25.1 Å². The number of aromatic nitrogens is 2. The highest BCUT2D eigenvalue weighted by Crippen LogP contribution is 2.19. The van der Waals surface area contributed by atoms with Gasteiger partial charge in [0.2, 0.25) is 5.91 Å². The Morgan fingerprint density at radius 2 is 1.75 bits per heavy atom. The van der Waals surface area contributed by atoms with Crippen molar-refractivity contribution in [3.63, 3.8) is 0 Å². The second-order valence-electron chi connectivity index (χ2n) is 7.03. The quantitative estimate of drug-likeness (QED) is 0.716. The van der Waals surface area contributed by atoms with Gasteiger partial charge in [0.15, 0.2) is 0 Å². The van der Waals surface area contributed by atoms with Crippen LogP contribution in [0.3, 0.4) is 0 Å². The predicted molar refractivity (Wildman–Crippen MR) is 111 cm³/mol. The summed E-state index contributed by atoms with van der Waals surface area (Å²) >= 11 is 6.11. The highest BCUT2D eigenvalue weighted by Gasteiger charge is 2.22. The van der Waals surface area contributed by atoms with E-state index in [4.69, 9.17) is 11.6 Å². The van der Waals surface area contributed by atoms with Crippen molar-refractivity contribution in [1.29, 1.82) is 0 Å². The molecule has 0 saturated carbocycles. The fourth-order valence-corrected chi connectivity index (χ4v) is 3.32. The highest BCUT2D eigenvalue weighted by molar-refractivity contribution is 6.31. The van der Waals surface area contributed by atoms with Gasteiger partial charge < -0.3 is 5.32 Å². The van der Waals surface area contributed by atoms with Crippen molar-refractivity contribution in [1.82, 2.24) is 14.5 Å². The van der Waals surface area contributed by atoms with Crippen LogP contribution in [0.1, 0.15) is 32.4 Å². The number of carbonyl (C=O) groups excluding carboxylic acids is 1. The van der Waals surface area contributed by atoms with Gasteiger partial charge in [-0.25, -0.2) is 4.79 Å². The zero-order valence-electron chi connectivity index (χ0n) is 16.0. The van der Waals surface area contributed by atoms with E-state index in [9.17, 15) is 14.4 Å². The smallest absolute Gasteiger partial charge is 0.332 e. The molecule has 1 heterocycles. The van der Waals surface area contributed by atoms with Gasteiger partial charge in [-0.2, -0.15) is 0 Å². The second kappa shape index (κ2) is 8.02. The lowest BCUT2D eigenvalue weighted by atomic mass is 10.2. The molecule has 1 amide bonds. The molecule has 0 spiro atoms. The minimum Gasteiger partial charge on any atom is -0.352 e. The van der Waals surface area contributed by atoms with E-state index in [1.807, 2.05) is 44.2 Å². The third-order valence-corrected chi connectivity index (χ3v) is 4.75. The molecule has 6 nitrogen and oxygen atoms in total. The van der Waals surface area contributed by atoms with Crippen LogP contribution >= 0.6 is 11.6 Å². The summed E-state index contributed by atoms with van der Waals surface area (Å²) in [5, 5.41) is 3.54. The second-order valence-corrected chi connectivity index (χ2v) is 7.47. The van der Waals surface area contributed by atoms with Crippen LogP contribution in [0.25, 0.3) is 10.9 Å². The number of nitrogens with zero attached hydrogens (tertiary/aromatic N) is 2. The molecule has 0 radical (unpaired) electrons. The Morgan fingerprint density at radius 1 is 1.07 bits per heavy atom. The lowest BCUT2D eigenvalue weighted by molar-refractivity contribution is -0.124. The topological polar surface area (TPSA) is 73.1 Å². The molecule has 146 valence electrons. The summed E-state index contributed by atoms with van der Waals surface area (Å²) < 4.78 is 2.49. The Bertz CT molecular complexity index is 1130. The van der Waals surface area contributed by atoms with Crippen molar-refractivity contribution in [3.05, 3.63) is 80.0 Å². The molecular weight excluding hydrogens is 378 g/mol. The number of benzene rings is 2. The number of rotatable bonds is 5. The summed E-state index contributed by atoms with van der Waals surface area (Å²) in [4.78, 5) is 38.8. The van der Waals surface area contributed by atoms with Crippen molar-refractivity contribution < 1.29 is 4.79 Å². The number of carbonyl (C=O) groups is 1. The van der Waals surface area contributed by atoms with Gasteiger partial charge in [-0.15, -0.1) is 0 Å². The maximum atomic E-state index is 13.3. The largest absolute Gasteiger partial charge is 0.352 e. The van der Waals surface area contributed by atoms with Gasteiger partial charge in [-0.3, -0.25) is 18.7 Å². The molecule has 3 rings (SSSR count). The van der Waals surface area contributed by atoms with Crippen LogP contribution in [0.5, 0.6) is 0 Å². The highest BCUT2D eigenvalue weighted by atomic mass is 35.5. The molecule has 0 bridgehead atoms. The Balaban J connectivity index is 2.26. The summed E-state index contributed by atoms with van der Waals surface area (Å²) in [6.45, 7) is 5.45. The van der Waals surface area contributed by atoms with Gasteiger partial charge in [0.1, 0.15) is 6.04 Å². The molecule has 0 saturated heterocycles. The standard InChI is InChI=1S/C21H22ClN3O3/c1-13(2)23-19(26)14(3)25-18-11-16(22)9-10-17(18)20(27)24(21(25)28)12-15-7-5-4-6-8-15/h4-11,13-14H,12H2,1-3H3,(H,23,26). The Morgan fingerprint density at radius 3 is 2.39 bits per heavy atom. The normalized spacial score (nSPS) is 12.3. The monoisotopic (exact) mass is 399 g/mol. The number of halogens is 1. The minimum absolute atomic E-state index is 0.0734. The Kier molecular flexibility index (Phi) is 5.70. The first-order chi connectivity index (χ1) is 13.3. The molecule has 0 aliphatic rings. The zero-order chi connectivity index (χ0) is 20.4. The average Bonchev–Trinajstić information content (AvgIpc) is 2.65. The van der Waals surface area contributed by atoms with Crippen LogP contribution in [0.15, 0.2) is 58.1 Å². The molecule has 1 unspecified atom stereocenters. The molecule has 7 heteroatoms. The molecule has 2 aromatic carbocycles. The lowest BCUT2D eigenvalue weighted by Crippen LogP contribution is -2.45. The van der Waals surface area contributed by atoms with E-state index in [1.165, 1.54) is 4.57 Å². The SMILES string of the molecule is CC(C)NC(=O)C(C)n1c(=O)n(Cc2ccccc2)c(=O)c2ccc(Cl)cc21. The summed E-state index contributed by atoms with van der Waals surface area (Å²) in [6.07, 6.45) is 0. The molecule has 1 atom stereocenters. The van der Waals surface area contributed by atoms with Crippen LogP contribution in [-0.4, -0.2) is 21.1 Å². The van der Waals surface area contributed by atoms with Gasteiger partial charge in [0.25, 0.3) is 5.56 Å². The van der Waals surface area contributed by atoms with Gasteiger partial charge in [0.05, 0.1) is 17.4 Å². The average molecular weight is 400 g/mol. The summed E-state index contributed by atoms with van der Waals surface area (Å²) in [7, 11) is 0. The fourth-order valence-electron chi connectivity index (χ4n) is 3.15. The van der Waals surface area contributed by atoms with Crippen LogP contribution < -0.4 is 16.6 Å². The van der Waals surface area contributed by atoms with Crippen molar-refractivity contribution in [2.24, 2.45) is 0 Å². The van der Waals surface area contributed by atoms with Gasteiger partial charge in [-0.1, -0.05) is 41.9 Å².